The zero-order chi connectivity index (χ0) is 12.7. The molecular formula is C12H10N6O. The van der Waals surface area contributed by atoms with E-state index in [1.165, 1.54) is 11.9 Å². The summed E-state index contributed by atoms with van der Waals surface area (Å²) in [5, 5.41) is 13.7. The Hall–Kier alpha value is -2.70. The van der Waals surface area contributed by atoms with Crippen LogP contribution in [0.1, 0.15) is 17.5 Å². The lowest BCUT2D eigenvalue weighted by atomic mass is 10.1. The maximum atomic E-state index is 5.29. The number of rotatable bonds is 2. The van der Waals surface area contributed by atoms with Gasteiger partial charge in [0.2, 0.25) is 11.7 Å². The van der Waals surface area contributed by atoms with E-state index in [0.717, 1.165) is 12.1 Å². The molecule has 94 valence electrons. The number of aromatic amines is 1. The molecule has 0 aliphatic carbocycles. The third-order valence-corrected chi connectivity index (χ3v) is 3.14. The van der Waals surface area contributed by atoms with E-state index in [1.807, 2.05) is 18.2 Å². The van der Waals surface area contributed by atoms with E-state index in [0.29, 0.717) is 17.5 Å². The number of fused-ring (bicyclic) bond motifs is 1. The van der Waals surface area contributed by atoms with Crippen molar-refractivity contribution in [2.45, 2.75) is 12.5 Å². The van der Waals surface area contributed by atoms with E-state index < -0.39 is 0 Å². The standard InChI is InChI=1S/C12H10N6O/c1-2-4-8-7(3-1)5-9(15-8)12-16-11(18-19-12)10-13-6-14-17-10/h1-4,6,9,15H,5H2,(H,13,14,17)/t9-/m0/s1. The maximum absolute atomic E-state index is 5.29. The van der Waals surface area contributed by atoms with Crippen LogP contribution in [0.3, 0.4) is 0 Å². The molecule has 7 nitrogen and oxygen atoms in total. The minimum Gasteiger partial charge on any atom is -0.373 e. The first kappa shape index (κ1) is 10.2. The van der Waals surface area contributed by atoms with E-state index in [-0.39, 0.29) is 6.04 Å². The van der Waals surface area contributed by atoms with E-state index in [9.17, 15) is 0 Å². The van der Waals surface area contributed by atoms with Gasteiger partial charge in [-0.15, -0.1) is 0 Å². The number of hydrogen-bond acceptors (Lipinski definition) is 6. The molecule has 1 atom stereocenters. The third kappa shape index (κ3) is 1.67. The SMILES string of the molecule is c1ccc2c(c1)C[C@@H](c1nc(-c3ncn[nH]3)no1)N2. The quantitative estimate of drug-likeness (QED) is 0.721. The Labute approximate surface area is 108 Å². The number of nitrogens with one attached hydrogen (secondary N) is 2. The molecule has 0 fully saturated rings. The van der Waals surface area contributed by atoms with Crippen molar-refractivity contribution in [1.29, 1.82) is 0 Å². The Kier molecular flexibility index (Phi) is 2.11. The summed E-state index contributed by atoms with van der Waals surface area (Å²) in [6.07, 6.45) is 2.25. The molecule has 0 saturated carbocycles. The van der Waals surface area contributed by atoms with Crippen LogP contribution in [0.5, 0.6) is 0 Å². The van der Waals surface area contributed by atoms with Crippen LogP contribution in [0.2, 0.25) is 0 Å². The Bertz CT molecular complexity index is 680. The molecule has 3 aromatic rings. The minimum absolute atomic E-state index is 0.0153. The highest BCUT2D eigenvalue weighted by molar-refractivity contribution is 5.57. The van der Waals surface area contributed by atoms with Gasteiger partial charge in [-0.25, -0.2) is 4.98 Å². The van der Waals surface area contributed by atoms with E-state index >= 15 is 0 Å². The maximum Gasteiger partial charge on any atom is 0.249 e. The normalized spacial score (nSPS) is 17.2. The van der Waals surface area contributed by atoms with Crippen molar-refractivity contribution in [3.8, 4) is 11.6 Å². The average Bonchev–Trinajstić information content (AvgIpc) is 3.17. The highest BCUT2D eigenvalue weighted by Crippen LogP contribution is 2.33. The summed E-state index contributed by atoms with van der Waals surface area (Å²) in [4.78, 5) is 8.34. The van der Waals surface area contributed by atoms with Gasteiger partial charge in [-0.2, -0.15) is 10.1 Å². The van der Waals surface area contributed by atoms with E-state index in [4.69, 9.17) is 4.52 Å². The fraction of sp³-hybridized carbons (Fsp3) is 0.167. The van der Waals surface area contributed by atoms with Gasteiger partial charge in [-0.05, 0) is 11.6 Å². The number of para-hydroxylation sites is 1. The minimum atomic E-state index is 0.0153. The monoisotopic (exact) mass is 254 g/mol. The number of nitrogens with zero attached hydrogens (tertiary/aromatic N) is 4. The molecule has 4 rings (SSSR count). The fourth-order valence-corrected chi connectivity index (χ4v) is 2.23. The number of hydrogen-bond donors (Lipinski definition) is 2. The predicted molar refractivity (Wildman–Crippen MR) is 66.2 cm³/mol. The summed E-state index contributed by atoms with van der Waals surface area (Å²) in [7, 11) is 0. The van der Waals surface area contributed by atoms with Gasteiger partial charge in [0.05, 0.1) is 0 Å². The van der Waals surface area contributed by atoms with Gasteiger partial charge in [0.15, 0.2) is 5.82 Å². The van der Waals surface area contributed by atoms with Gasteiger partial charge in [-0.3, -0.25) is 5.10 Å². The van der Waals surface area contributed by atoms with Crippen LogP contribution < -0.4 is 5.32 Å². The molecule has 1 aromatic carbocycles. The van der Waals surface area contributed by atoms with Crippen LogP contribution >= 0.6 is 0 Å². The molecule has 3 heterocycles. The van der Waals surface area contributed by atoms with Gasteiger partial charge in [0.1, 0.15) is 12.4 Å². The molecule has 0 amide bonds. The predicted octanol–water partition coefficient (Wildman–Crippen LogP) is 1.56. The van der Waals surface area contributed by atoms with Gasteiger partial charge in [-0.1, -0.05) is 23.4 Å². The van der Waals surface area contributed by atoms with Crippen molar-refractivity contribution in [2.75, 3.05) is 5.32 Å². The van der Waals surface area contributed by atoms with Crippen molar-refractivity contribution in [3.63, 3.8) is 0 Å². The molecule has 0 spiro atoms. The molecule has 0 unspecified atom stereocenters. The summed E-state index contributed by atoms with van der Waals surface area (Å²) in [6, 6.07) is 8.18. The Morgan fingerprint density at radius 1 is 1.26 bits per heavy atom. The average molecular weight is 254 g/mol. The molecule has 0 radical (unpaired) electrons. The van der Waals surface area contributed by atoms with Crippen LogP contribution in [0.4, 0.5) is 5.69 Å². The molecule has 1 aliphatic heterocycles. The summed E-state index contributed by atoms with van der Waals surface area (Å²) in [5.41, 5.74) is 2.37. The number of aromatic nitrogens is 5. The lowest BCUT2D eigenvalue weighted by molar-refractivity contribution is 0.364. The van der Waals surface area contributed by atoms with Gasteiger partial charge in [0, 0.05) is 12.1 Å². The van der Waals surface area contributed by atoms with Crippen molar-refractivity contribution < 1.29 is 4.52 Å². The first-order valence-electron chi connectivity index (χ1n) is 5.94. The molecule has 0 saturated heterocycles. The van der Waals surface area contributed by atoms with Gasteiger partial charge >= 0.3 is 0 Å². The third-order valence-electron chi connectivity index (χ3n) is 3.14. The van der Waals surface area contributed by atoms with Crippen molar-refractivity contribution >= 4 is 5.69 Å². The Morgan fingerprint density at radius 2 is 2.21 bits per heavy atom. The Balaban J connectivity index is 1.62. The fourth-order valence-electron chi connectivity index (χ4n) is 2.23. The lowest BCUT2D eigenvalue weighted by Crippen LogP contribution is -2.05. The first-order chi connectivity index (χ1) is 9.40. The summed E-state index contributed by atoms with van der Waals surface area (Å²) in [6.45, 7) is 0. The molecule has 7 heteroatoms. The summed E-state index contributed by atoms with van der Waals surface area (Å²) < 4.78 is 5.29. The van der Waals surface area contributed by atoms with E-state index in [2.05, 4.69) is 36.7 Å². The molecule has 1 aliphatic rings. The smallest absolute Gasteiger partial charge is 0.249 e. The molecule has 2 aromatic heterocycles. The van der Waals surface area contributed by atoms with Crippen molar-refractivity contribution in [2.24, 2.45) is 0 Å². The molecule has 19 heavy (non-hydrogen) atoms. The second-order valence-electron chi connectivity index (χ2n) is 4.35. The van der Waals surface area contributed by atoms with Crippen LogP contribution in [0.15, 0.2) is 35.1 Å². The van der Waals surface area contributed by atoms with Crippen molar-refractivity contribution in [1.82, 2.24) is 25.3 Å². The highest BCUT2D eigenvalue weighted by Gasteiger charge is 2.26. The number of benzene rings is 1. The molecule has 0 bridgehead atoms. The van der Waals surface area contributed by atoms with E-state index in [1.54, 1.807) is 0 Å². The number of anilines is 1. The van der Waals surface area contributed by atoms with Crippen LogP contribution in [-0.2, 0) is 6.42 Å². The molecule has 2 N–H and O–H groups in total. The summed E-state index contributed by atoms with van der Waals surface area (Å²) in [5.74, 6) is 1.48. The zero-order valence-corrected chi connectivity index (χ0v) is 9.87. The number of H-pyrrole nitrogens is 1. The second kappa shape index (κ2) is 3.91. The van der Waals surface area contributed by atoms with Crippen LogP contribution in [-0.4, -0.2) is 25.3 Å². The van der Waals surface area contributed by atoms with Crippen LogP contribution in [0, 0.1) is 0 Å². The molecular weight excluding hydrogens is 244 g/mol. The highest BCUT2D eigenvalue weighted by atomic mass is 16.5. The van der Waals surface area contributed by atoms with Crippen LogP contribution in [0.25, 0.3) is 11.6 Å². The largest absolute Gasteiger partial charge is 0.373 e. The second-order valence-corrected chi connectivity index (χ2v) is 4.35. The topological polar surface area (TPSA) is 92.5 Å². The lowest BCUT2D eigenvalue weighted by Gasteiger charge is -2.04. The zero-order valence-electron chi connectivity index (χ0n) is 9.87. The van der Waals surface area contributed by atoms with Gasteiger partial charge < -0.3 is 9.84 Å². The first-order valence-corrected chi connectivity index (χ1v) is 5.94. The Morgan fingerprint density at radius 3 is 3.05 bits per heavy atom. The van der Waals surface area contributed by atoms with Crippen molar-refractivity contribution in [3.05, 3.63) is 42.0 Å². The summed E-state index contributed by atoms with van der Waals surface area (Å²) >= 11 is 0. The van der Waals surface area contributed by atoms with Gasteiger partial charge in [0.25, 0.3) is 0 Å².